The summed E-state index contributed by atoms with van der Waals surface area (Å²) >= 11 is 0. The molecule has 1 aliphatic heterocycles. The molecule has 0 saturated carbocycles. The fourth-order valence-corrected chi connectivity index (χ4v) is 4.05. The highest BCUT2D eigenvalue weighted by molar-refractivity contribution is 7.92. The van der Waals surface area contributed by atoms with Gasteiger partial charge >= 0.3 is 0 Å². The van der Waals surface area contributed by atoms with E-state index in [9.17, 15) is 13.2 Å². The number of hydrogen-bond acceptors (Lipinski definition) is 4. The van der Waals surface area contributed by atoms with Gasteiger partial charge in [-0.3, -0.25) is 9.10 Å². The van der Waals surface area contributed by atoms with E-state index in [1.807, 2.05) is 30.3 Å². The molecule has 3 rings (SSSR count). The van der Waals surface area contributed by atoms with Crippen molar-refractivity contribution >= 4 is 27.3 Å². The summed E-state index contributed by atoms with van der Waals surface area (Å²) in [5.74, 6) is -0.0998. The number of carbonyl (C=O) groups is 1. The minimum Gasteiger partial charge on any atom is -0.312 e. The molecule has 0 radical (unpaired) electrons. The summed E-state index contributed by atoms with van der Waals surface area (Å²) in [7, 11) is -3.54. The van der Waals surface area contributed by atoms with E-state index in [2.05, 4.69) is 0 Å². The predicted molar refractivity (Wildman–Crippen MR) is 100 cm³/mol. The van der Waals surface area contributed by atoms with Crippen molar-refractivity contribution in [2.45, 2.75) is 12.8 Å². The zero-order valence-corrected chi connectivity index (χ0v) is 15.2. The van der Waals surface area contributed by atoms with Crippen LogP contribution in [0.25, 0.3) is 0 Å². The van der Waals surface area contributed by atoms with Crippen LogP contribution >= 0.6 is 0 Å². The zero-order valence-electron chi connectivity index (χ0n) is 14.4. The van der Waals surface area contributed by atoms with Crippen molar-refractivity contribution in [1.29, 1.82) is 5.26 Å². The minimum absolute atomic E-state index is 0.0578. The third-order valence-electron chi connectivity index (χ3n) is 4.40. The van der Waals surface area contributed by atoms with Gasteiger partial charge in [-0.25, -0.2) is 8.42 Å². The molecule has 1 aliphatic rings. The molecule has 0 aromatic heterocycles. The first-order chi connectivity index (χ1) is 12.4. The predicted octanol–water partition coefficient (Wildman–Crippen LogP) is 2.30. The fraction of sp³-hybridized carbons (Fsp3) is 0.263. The number of amides is 1. The molecule has 7 heteroatoms. The fourth-order valence-electron chi connectivity index (χ4n) is 3.12. The van der Waals surface area contributed by atoms with Crippen LogP contribution in [0.4, 0.5) is 11.4 Å². The molecule has 0 bridgehead atoms. The van der Waals surface area contributed by atoms with Crippen molar-refractivity contribution in [3.05, 3.63) is 59.7 Å². The van der Waals surface area contributed by atoms with E-state index < -0.39 is 10.0 Å². The van der Waals surface area contributed by atoms with Crippen molar-refractivity contribution in [1.82, 2.24) is 0 Å². The quantitative estimate of drug-likeness (QED) is 0.810. The number of anilines is 2. The van der Waals surface area contributed by atoms with Crippen LogP contribution in [0.5, 0.6) is 0 Å². The van der Waals surface area contributed by atoms with E-state index in [-0.39, 0.29) is 18.9 Å². The van der Waals surface area contributed by atoms with Crippen molar-refractivity contribution < 1.29 is 13.2 Å². The van der Waals surface area contributed by atoms with Crippen molar-refractivity contribution in [2.24, 2.45) is 0 Å². The van der Waals surface area contributed by atoms with Crippen LogP contribution in [0.15, 0.2) is 48.5 Å². The lowest BCUT2D eigenvalue weighted by Crippen LogP contribution is -2.36. The number of nitrogens with zero attached hydrogens (tertiary/aromatic N) is 3. The highest BCUT2D eigenvalue weighted by Gasteiger charge is 2.26. The van der Waals surface area contributed by atoms with Crippen LogP contribution in [0.2, 0.25) is 0 Å². The lowest BCUT2D eigenvalue weighted by atomic mass is 10.2. The van der Waals surface area contributed by atoms with Crippen LogP contribution in [-0.2, 0) is 21.2 Å². The largest absolute Gasteiger partial charge is 0.312 e. The number of sulfonamides is 1. The highest BCUT2D eigenvalue weighted by atomic mass is 32.2. The second-order valence-electron chi connectivity index (χ2n) is 6.17. The van der Waals surface area contributed by atoms with Gasteiger partial charge < -0.3 is 4.90 Å². The molecule has 2 aromatic carbocycles. The van der Waals surface area contributed by atoms with Crippen LogP contribution in [0, 0.1) is 11.3 Å². The molecule has 0 N–H and O–H groups in total. The highest BCUT2D eigenvalue weighted by Crippen LogP contribution is 2.28. The minimum atomic E-state index is -3.54. The lowest BCUT2D eigenvalue weighted by Gasteiger charge is -2.24. The first kappa shape index (κ1) is 18.0. The molecule has 6 nitrogen and oxygen atoms in total. The standard InChI is InChI=1S/C19H19N3O3S/c1-26(24,25)22(17-8-6-15(14-20)7-9-17)13-11-19(23)21-12-10-16-4-2-3-5-18(16)21/h2-9H,10-13H2,1H3. The summed E-state index contributed by atoms with van der Waals surface area (Å²) in [6.07, 6.45) is 2.01. The molecule has 2 aromatic rings. The molecule has 26 heavy (non-hydrogen) atoms. The zero-order chi connectivity index (χ0) is 18.7. The van der Waals surface area contributed by atoms with Gasteiger partial charge in [0.1, 0.15) is 0 Å². The monoisotopic (exact) mass is 369 g/mol. The molecule has 1 amide bonds. The molecule has 0 unspecified atom stereocenters. The van der Waals surface area contributed by atoms with Gasteiger partial charge in [0.2, 0.25) is 15.9 Å². The Balaban J connectivity index is 1.74. The molecule has 0 spiro atoms. The molecule has 0 aliphatic carbocycles. The van der Waals surface area contributed by atoms with E-state index in [1.54, 1.807) is 29.2 Å². The summed E-state index contributed by atoms with van der Waals surface area (Å²) in [5, 5.41) is 8.87. The van der Waals surface area contributed by atoms with Gasteiger partial charge in [-0.15, -0.1) is 0 Å². The van der Waals surface area contributed by atoms with E-state index >= 15 is 0 Å². The molecule has 0 saturated heterocycles. The Labute approximate surface area is 153 Å². The molecule has 1 heterocycles. The van der Waals surface area contributed by atoms with Crippen LogP contribution < -0.4 is 9.21 Å². The Kier molecular flexibility index (Phi) is 4.96. The number of carbonyl (C=O) groups excluding carboxylic acids is 1. The Morgan fingerprint density at radius 3 is 2.54 bits per heavy atom. The SMILES string of the molecule is CS(=O)(=O)N(CCC(=O)N1CCc2ccccc21)c1ccc(C#N)cc1. The van der Waals surface area contributed by atoms with Gasteiger partial charge in [-0.05, 0) is 42.3 Å². The Morgan fingerprint density at radius 1 is 1.19 bits per heavy atom. The van der Waals surface area contributed by atoms with Gasteiger partial charge in [0.05, 0.1) is 23.6 Å². The maximum absolute atomic E-state index is 12.6. The Morgan fingerprint density at radius 2 is 1.88 bits per heavy atom. The average molecular weight is 369 g/mol. The second kappa shape index (κ2) is 7.18. The molecular formula is C19H19N3O3S. The number of hydrogen-bond donors (Lipinski definition) is 0. The van der Waals surface area contributed by atoms with Crippen molar-refractivity contribution in [3.8, 4) is 6.07 Å². The van der Waals surface area contributed by atoms with Crippen LogP contribution in [-0.4, -0.2) is 33.7 Å². The summed E-state index contributed by atoms with van der Waals surface area (Å²) in [5.41, 5.74) is 2.93. The van der Waals surface area contributed by atoms with Gasteiger partial charge in [0.15, 0.2) is 0 Å². The molecule has 0 atom stereocenters. The van der Waals surface area contributed by atoms with Gasteiger partial charge in [-0.1, -0.05) is 18.2 Å². The molecule has 0 fully saturated rings. The Bertz CT molecular complexity index is 962. The van der Waals surface area contributed by atoms with Crippen molar-refractivity contribution in [2.75, 3.05) is 28.6 Å². The van der Waals surface area contributed by atoms with E-state index in [0.717, 1.165) is 23.9 Å². The second-order valence-corrected chi connectivity index (χ2v) is 8.07. The Hall–Kier alpha value is -2.85. The van der Waals surface area contributed by atoms with Crippen LogP contribution in [0.1, 0.15) is 17.5 Å². The van der Waals surface area contributed by atoms with E-state index in [4.69, 9.17) is 5.26 Å². The van der Waals surface area contributed by atoms with Crippen molar-refractivity contribution in [3.63, 3.8) is 0 Å². The molecular weight excluding hydrogens is 350 g/mol. The van der Waals surface area contributed by atoms with Gasteiger partial charge in [-0.2, -0.15) is 5.26 Å². The lowest BCUT2D eigenvalue weighted by molar-refractivity contribution is -0.118. The van der Waals surface area contributed by atoms with Gasteiger partial charge in [0, 0.05) is 25.2 Å². The topological polar surface area (TPSA) is 81.5 Å². The van der Waals surface area contributed by atoms with Gasteiger partial charge in [0.25, 0.3) is 0 Å². The number of rotatable bonds is 5. The first-order valence-corrected chi connectivity index (χ1v) is 10.1. The third-order valence-corrected chi connectivity index (χ3v) is 5.60. The third kappa shape index (κ3) is 3.70. The van der Waals surface area contributed by atoms with E-state index in [0.29, 0.717) is 17.8 Å². The maximum atomic E-state index is 12.6. The maximum Gasteiger partial charge on any atom is 0.232 e. The summed E-state index contributed by atoms with van der Waals surface area (Å²) in [4.78, 5) is 14.3. The molecule has 134 valence electrons. The number of nitriles is 1. The number of para-hydroxylation sites is 1. The summed E-state index contributed by atoms with van der Waals surface area (Å²) in [6.45, 7) is 0.677. The van der Waals surface area contributed by atoms with E-state index in [1.165, 1.54) is 4.31 Å². The smallest absolute Gasteiger partial charge is 0.232 e. The normalized spacial score (nSPS) is 13.2. The summed E-state index contributed by atoms with van der Waals surface area (Å²) < 4.78 is 25.5. The van der Waals surface area contributed by atoms with Crippen LogP contribution in [0.3, 0.4) is 0 Å². The number of fused-ring (bicyclic) bond motifs is 1. The first-order valence-electron chi connectivity index (χ1n) is 8.26. The average Bonchev–Trinajstić information content (AvgIpc) is 3.05. The summed E-state index contributed by atoms with van der Waals surface area (Å²) in [6, 6.07) is 16.0. The number of benzene rings is 2.